The molecule has 0 saturated heterocycles. The van der Waals surface area contributed by atoms with Gasteiger partial charge in [-0.1, -0.05) is 23.5 Å². The third-order valence-electron chi connectivity index (χ3n) is 2.86. The van der Waals surface area contributed by atoms with Crippen LogP contribution in [0.3, 0.4) is 0 Å². The van der Waals surface area contributed by atoms with Crippen molar-refractivity contribution in [2.75, 3.05) is 23.8 Å². The quantitative estimate of drug-likeness (QED) is 0.803. The topological polar surface area (TPSA) is 58.1 Å². The van der Waals surface area contributed by atoms with Gasteiger partial charge in [-0.05, 0) is 19.1 Å². The Kier molecular flexibility index (Phi) is 3.85. The SMILES string of the molecule is Cc1cnc(NC(=O)CN(C)c2nc3ccccc3s2)s1. The Labute approximate surface area is 130 Å². The van der Waals surface area contributed by atoms with Gasteiger partial charge in [0.25, 0.3) is 0 Å². The maximum absolute atomic E-state index is 12.0. The second-order valence-corrected chi connectivity index (χ2v) is 6.89. The van der Waals surface area contributed by atoms with Gasteiger partial charge in [-0.15, -0.1) is 11.3 Å². The minimum absolute atomic E-state index is 0.0916. The van der Waals surface area contributed by atoms with Crippen LogP contribution in [0.5, 0.6) is 0 Å². The van der Waals surface area contributed by atoms with E-state index in [4.69, 9.17) is 0 Å². The molecule has 0 aliphatic carbocycles. The van der Waals surface area contributed by atoms with Crippen LogP contribution in [-0.2, 0) is 4.79 Å². The molecule has 0 bridgehead atoms. The summed E-state index contributed by atoms with van der Waals surface area (Å²) in [7, 11) is 1.87. The second-order valence-electron chi connectivity index (χ2n) is 4.64. The lowest BCUT2D eigenvalue weighted by Gasteiger charge is -2.14. The monoisotopic (exact) mass is 318 g/mol. The van der Waals surface area contributed by atoms with Crippen molar-refractivity contribution >= 4 is 49.1 Å². The molecule has 0 fully saturated rings. The van der Waals surface area contributed by atoms with Gasteiger partial charge in [-0.25, -0.2) is 9.97 Å². The summed E-state index contributed by atoms with van der Waals surface area (Å²) in [5.74, 6) is -0.0916. The van der Waals surface area contributed by atoms with Gasteiger partial charge in [0.05, 0.1) is 16.8 Å². The standard InChI is InChI=1S/C14H14N4OS2/c1-9-7-15-13(20-9)17-12(19)8-18(2)14-16-10-5-3-4-6-11(10)21-14/h3-7H,8H2,1-2H3,(H,15,17,19). The zero-order valence-corrected chi connectivity index (χ0v) is 13.3. The molecule has 0 spiro atoms. The molecule has 3 rings (SSSR count). The predicted molar refractivity (Wildman–Crippen MR) is 88.4 cm³/mol. The summed E-state index contributed by atoms with van der Waals surface area (Å²) in [6, 6.07) is 7.95. The molecule has 3 aromatic rings. The first-order chi connectivity index (χ1) is 10.1. The van der Waals surface area contributed by atoms with Crippen LogP contribution in [-0.4, -0.2) is 29.5 Å². The van der Waals surface area contributed by atoms with E-state index >= 15 is 0 Å². The number of hydrogen-bond donors (Lipinski definition) is 1. The first kappa shape index (κ1) is 14.0. The molecule has 2 aromatic heterocycles. The second kappa shape index (κ2) is 5.79. The van der Waals surface area contributed by atoms with Crippen LogP contribution in [0.2, 0.25) is 0 Å². The summed E-state index contributed by atoms with van der Waals surface area (Å²) in [6.45, 7) is 2.21. The normalized spacial score (nSPS) is 10.8. The van der Waals surface area contributed by atoms with Gasteiger partial charge < -0.3 is 10.2 Å². The number of aromatic nitrogens is 2. The molecule has 108 valence electrons. The summed E-state index contributed by atoms with van der Waals surface area (Å²) < 4.78 is 1.12. The Bertz CT molecular complexity index is 747. The number of para-hydroxylation sites is 1. The predicted octanol–water partition coefficient (Wildman–Crippen LogP) is 3.14. The van der Waals surface area contributed by atoms with Crippen molar-refractivity contribution in [2.45, 2.75) is 6.92 Å². The minimum Gasteiger partial charge on any atom is -0.342 e. The molecule has 21 heavy (non-hydrogen) atoms. The van der Waals surface area contributed by atoms with Gasteiger partial charge in [0.2, 0.25) is 5.91 Å². The Morgan fingerprint density at radius 1 is 1.33 bits per heavy atom. The number of anilines is 2. The van der Waals surface area contributed by atoms with Crippen LogP contribution >= 0.6 is 22.7 Å². The fourth-order valence-corrected chi connectivity index (χ4v) is 3.48. The van der Waals surface area contributed by atoms with Crippen LogP contribution in [0.1, 0.15) is 4.88 Å². The maximum Gasteiger partial charge on any atom is 0.245 e. The number of nitrogens with one attached hydrogen (secondary N) is 1. The number of nitrogens with zero attached hydrogens (tertiary/aromatic N) is 3. The fraction of sp³-hybridized carbons (Fsp3) is 0.214. The van der Waals surface area contributed by atoms with Gasteiger partial charge in [-0.3, -0.25) is 4.79 Å². The van der Waals surface area contributed by atoms with Crippen LogP contribution in [0, 0.1) is 6.92 Å². The summed E-state index contributed by atoms with van der Waals surface area (Å²) >= 11 is 3.05. The van der Waals surface area contributed by atoms with Gasteiger partial charge in [0.1, 0.15) is 0 Å². The van der Waals surface area contributed by atoms with Crippen molar-refractivity contribution in [3.05, 3.63) is 35.3 Å². The maximum atomic E-state index is 12.0. The number of likely N-dealkylation sites (N-methyl/N-ethyl adjacent to an activating group) is 1. The van der Waals surface area contributed by atoms with E-state index in [0.717, 1.165) is 20.2 Å². The van der Waals surface area contributed by atoms with Gasteiger partial charge in [0, 0.05) is 18.1 Å². The Balaban J connectivity index is 1.67. The van der Waals surface area contributed by atoms with Crippen molar-refractivity contribution in [1.82, 2.24) is 9.97 Å². The number of thiazole rings is 2. The smallest absolute Gasteiger partial charge is 0.245 e. The third-order valence-corrected chi connectivity index (χ3v) is 4.84. The van der Waals surface area contributed by atoms with E-state index in [1.807, 2.05) is 43.1 Å². The molecule has 1 amide bonds. The first-order valence-corrected chi connectivity index (χ1v) is 8.04. The van der Waals surface area contributed by atoms with E-state index in [9.17, 15) is 4.79 Å². The molecule has 0 aliphatic heterocycles. The summed E-state index contributed by atoms with van der Waals surface area (Å²) in [6.07, 6.45) is 1.75. The number of rotatable bonds is 4. The zero-order chi connectivity index (χ0) is 14.8. The number of fused-ring (bicyclic) bond motifs is 1. The number of hydrogen-bond acceptors (Lipinski definition) is 6. The average Bonchev–Trinajstić information content (AvgIpc) is 3.04. The molecule has 1 N–H and O–H groups in total. The van der Waals surface area contributed by atoms with E-state index in [1.54, 1.807) is 17.5 Å². The minimum atomic E-state index is -0.0916. The lowest BCUT2D eigenvalue weighted by atomic mass is 10.3. The fourth-order valence-electron chi connectivity index (χ4n) is 1.88. The molecule has 1 aromatic carbocycles. The molecule has 0 unspecified atom stereocenters. The molecule has 5 nitrogen and oxygen atoms in total. The highest BCUT2D eigenvalue weighted by molar-refractivity contribution is 7.22. The molecular weight excluding hydrogens is 304 g/mol. The van der Waals surface area contributed by atoms with E-state index in [-0.39, 0.29) is 12.5 Å². The zero-order valence-electron chi connectivity index (χ0n) is 11.7. The van der Waals surface area contributed by atoms with Crippen LogP contribution in [0.25, 0.3) is 10.2 Å². The molecule has 7 heteroatoms. The summed E-state index contributed by atoms with van der Waals surface area (Å²) in [4.78, 5) is 23.6. The van der Waals surface area contributed by atoms with Crippen molar-refractivity contribution in [1.29, 1.82) is 0 Å². The number of carbonyl (C=O) groups is 1. The number of carbonyl (C=O) groups excluding carboxylic acids is 1. The van der Waals surface area contributed by atoms with Crippen molar-refractivity contribution < 1.29 is 4.79 Å². The highest BCUT2D eigenvalue weighted by atomic mass is 32.1. The highest BCUT2D eigenvalue weighted by Crippen LogP contribution is 2.27. The van der Waals surface area contributed by atoms with E-state index in [2.05, 4.69) is 15.3 Å². The van der Waals surface area contributed by atoms with Crippen molar-refractivity contribution in [3.8, 4) is 0 Å². The number of amides is 1. The van der Waals surface area contributed by atoms with Crippen LogP contribution in [0.4, 0.5) is 10.3 Å². The summed E-state index contributed by atoms with van der Waals surface area (Å²) in [5, 5.41) is 4.27. The van der Waals surface area contributed by atoms with Gasteiger partial charge in [-0.2, -0.15) is 0 Å². The molecule has 0 atom stereocenters. The highest BCUT2D eigenvalue weighted by Gasteiger charge is 2.13. The molecule has 0 aliphatic rings. The van der Waals surface area contributed by atoms with Crippen LogP contribution < -0.4 is 10.2 Å². The Morgan fingerprint density at radius 2 is 2.14 bits per heavy atom. The Hall–Kier alpha value is -1.99. The van der Waals surface area contributed by atoms with E-state index in [0.29, 0.717) is 5.13 Å². The molecule has 0 saturated carbocycles. The number of benzene rings is 1. The average molecular weight is 318 g/mol. The Morgan fingerprint density at radius 3 is 2.86 bits per heavy atom. The lowest BCUT2D eigenvalue weighted by molar-refractivity contribution is -0.114. The largest absolute Gasteiger partial charge is 0.342 e. The summed E-state index contributed by atoms with van der Waals surface area (Å²) in [5.41, 5.74) is 0.959. The number of aryl methyl sites for hydroxylation is 1. The first-order valence-electron chi connectivity index (χ1n) is 6.41. The third kappa shape index (κ3) is 3.20. The molecular formula is C14H14N4OS2. The molecule has 0 radical (unpaired) electrons. The lowest BCUT2D eigenvalue weighted by Crippen LogP contribution is -2.29. The molecule has 2 heterocycles. The van der Waals surface area contributed by atoms with Crippen LogP contribution in [0.15, 0.2) is 30.5 Å². The van der Waals surface area contributed by atoms with E-state index < -0.39 is 0 Å². The van der Waals surface area contributed by atoms with Crippen molar-refractivity contribution in [2.24, 2.45) is 0 Å². The van der Waals surface area contributed by atoms with Crippen molar-refractivity contribution in [3.63, 3.8) is 0 Å². The van der Waals surface area contributed by atoms with Gasteiger partial charge in [0.15, 0.2) is 10.3 Å². The van der Waals surface area contributed by atoms with E-state index in [1.165, 1.54) is 11.3 Å². The van der Waals surface area contributed by atoms with Gasteiger partial charge >= 0.3 is 0 Å².